The van der Waals surface area contributed by atoms with Gasteiger partial charge in [0.15, 0.2) is 0 Å². The van der Waals surface area contributed by atoms with E-state index in [0.29, 0.717) is 12.8 Å². The molecule has 5 heteroatoms. The van der Waals surface area contributed by atoms with E-state index in [1.165, 1.54) is 244 Å². The summed E-state index contributed by atoms with van der Waals surface area (Å²) < 4.78 is 0. The Morgan fingerprint density at radius 3 is 0.932 bits per heavy atom. The van der Waals surface area contributed by atoms with E-state index in [9.17, 15) is 20.1 Å². The smallest absolute Gasteiger partial charge is 0.249 e. The lowest BCUT2D eigenvalue weighted by Crippen LogP contribution is -2.49. The second-order valence-electron chi connectivity index (χ2n) is 18.8. The Morgan fingerprint density at radius 2 is 0.644 bits per heavy atom. The van der Waals surface area contributed by atoms with Crippen LogP contribution >= 0.6 is 0 Å². The standard InChI is InChI=1S/C54H107NO4/c1-3-5-7-9-11-13-15-17-19-21-23-25-27-29-30-32-34-36-38-40-42-44-46-48-52(57)51(50-56)55-54(59)53(58)49-47-45-43-41-39-37-35-33-31-28-26-24-22-20-18-16-14-12-10-8-6-4-2/h31,33,51-53,56-58H,3-30,32,34-50H2,1-2H3,(H,55,59)/b33-31-. The van der Waals surface area contributed by atoms with Crippen LogP contribution in [0.5, 0.6) is 0 Å². The third-order valence-electron chi connectivity index (χ3n) is 12.9. The highest BCUT2D eigenvalue weighted by Crippen LogP contribution is 2.18. The second kappa shape index (κ2) is 49.7. The summed E-state index contributed by atoms with van der Waals surface area (Å²) in [5.41, 5.74) is 0. The molecule has 0 fully saturated rings. The number of amides is 1. The van der Waals surface area contributed by atoms with E-state index in [1.807, 2.05) is 0 Å². The molecule has 4 N–H and O–H groups in total. The van der Waals surface area contributed by atoms with E-state index < -0.39 is 24.2 Å². The number of aliphatic hydroxyl groups is 3. The van der Waals surface area contributed by atoms with Crippen molar-refractivity contribution in [3.05, 3.63) is 12.2 Å². The number of hydrogen-bond donors (Lipinski definition) is 4. The topological polar surface area (TPSA) is 89.8 Å². The number of aliphatic hydroxyl groups excluding tert-OH is 3. The van der Waals surface area contributed by atoms with E-state index in [4.69, 9.17) is 0 Å². The fourth-order valence-electron chi connectivity index (χ4n) is 8.66. The van der Waals surface area contributed by atoms with Gasteiger partial charge in [-0.05, 0) is 38.5 Å². The van der Waals surface area contributed by atoms with Crippen LogP contribution in [0.1, 0.15) is 303 Å². The SMILES string of the molecule is CCCCCCCCCCCCCC/C=C\CCCCCCCCC(O)C(=O)NC(CO)C(O)CCCCCCCCCCCCCCCCCCCCCCCCC. The van der Waals surface area contributed by atoms with Gasteiger partial charge in [-0.1, -0.05) is 276 Å². The minimum atomic E-state index is -1.08. The van der Waals surface area contributed by atoms with Gasteiger partial charge in [0.1, 0.15) is 6.10 Å². The molecule has 3 atom stereocenters. The predicted octanol–water partition coefficient (Wildman–Crippen LogP) is 16.3. The third-order valence-corrected chi connectivity index (χ3v) is 12.9. The van der Waals surface area contributed by atoms with E-state index in [2.05, 4.69) is 31.3 Å². The van der Waals surface area contributed by atoms with E-state index >= 15 is 0 Å². The molecule has 59 heavy (non-hydrogen) atoms. The van der Waals surface area contributed by atoms with Gasteiger partial charge in [0.05, 0.1) is 18.8 Å². The molecular weight excluding hydrogens is 727 g/mol. The van der Waals surface area contributed by atoms with Crippen LogP contribution < -0.4 is 5.32 Å². The van der Waals surface area contributed by atoms with Crippen molar-refractivity contribution in [1.29, 1.82) is 0 Å². The van der Waals surface area contributed by atoms with Gasteiger partial charge in [0.2, 0.25) is 5.91 Å². The van der Waals surface area contributed by atoms with Gasteiger partial charge >= 0.3 is 0 Å². The molecular formula is C54H107NO4. The molecule has 0 aliphatic rings. The van der Waals surface area contributed by atoms with Crippen LogP contribution in [0.25, 0.3) is 0 Å². The fourth-order valence-corrected chi connectivity index (χ4v) is 8.66. The Morgan fingerprint density at radius 1 is 0.390 bits per heavy atom. The van der Waals surface area contributed by atoms with E-state index in [0.717, 1.165) is 32.1 Å². The Hall–Kier alpha value is -0.910. The maximum atomic E-state index is 12.6. The van der Waals surface area contributed by atoms with Crippen molar-refractivity contribution in [2.24, 2.45) is 0 Å². The molecule has 3 unspecified atom stereocenters. The van der Waals surface area contributed by atoms with Crippen LogP contribution in [0.15, 0.2) is 12.2 Å². The van der Waals surface area contributed by atoms with Gasteiger partial charge in [0, 0.05) is 0 Å². The lowest BCUT2D eigenvalue weighted by atomic mass is 10.0. The molecule has 1 amide bonds. The van der Waals surface area contributed by atoms with Gasteiger partial charge in [0.25, 0.3) is 0 Å². The molecule has 5 nitrogen and oxygen atoms in total. The summed E-state index contributed by atoms with van der Waals surface area (Å²) in [5, 5.41) is 33.5. The highest BCUT2D eigenvalue weighted by atomic mass is 16.3. The second-order valence-corrected chi connectivity index (χ2v) is 18.8. The molecule has 0 aliphatic heterocycles. The first-order valence-corrected chi connectivity index (χ1v) is 27.0. The normalized spacial score (nSPS) is 13.4. The van der Waals surface area contributed by atoms with Crippen LogP contribution in [0.4, 0.5) is 0 Å². The summed E-state index contributed by atoms with van der Waals surface area (Å²) in [6.45, 7) is 4.27. The minimum absolute atomic E-state index is 0.312. The van der Waals surface area contributed by atoms with Crippen molar-refractivity contribution in [3.8, 4) is 0 Å². The summed E-state index contributed by atoms with van der Waals surface area (Å²) in [6.07, 6.45) is 61.0. The molecule has 0 radical (unpaired) electrons. The highest BCUT2D eigenvalue weighted by Gasteiger charge is 2.23. The summed E-state index contributed by atoms with van der Waals surface area (Å²) in [4.78, 5) is 12.6. The van der Waals surface area contributed by atoms with Gasteiger partial charge < -0.3 is 20.6 Å². The lowest BCUT2D eigenvalue weighted by molar-refractivity contribution is -0.131. The predicted molar refractivity (Wildman–Crippen MR) is 259 cm³/mol. The molecule has 0 spiro atoms. The summed E-state index contributed by atoms with van der Waals surface area (Å²) in [5.74, 6) is -0.470. The van der Waals surface area contributed by atoms with Crippen LogP contribution in [0, 0.1) is 0 Å². The quantitative estimate of drug-likeness (QED) is 0.0363. The monoisotopic (exact) mass is 834 g/mol. The molecule has 0 rings (SSSR count). The number of nitrogens with one attached hydrogen (secondary N) is 1. The molecule has 0 saturated heterocycles. The first-order chi connectivity index (χ1) is 29.1. The third kappa shape index (κ3) is 44.9. The molecule has 0 bridgehead atoms. The minimum Gasteiger partial charge on any atom is -0.394 e. The Bertz CT molecular complexity index is 833. The average molecular weight is 834 g/mol. The zero-order chi connectivity index (χ0) is 43.0. The zero-order valence-electron chi connectivity index (χ0n) is 40.2. The van der Waals surface area contributed by atoms with Crippen molar-refractivity contribution < 1.29 is 20.1 Å². The van der Waals surface area contributed by atoms with Crippen molar-refractivity contribution >= 4 is 5.91 Å². The summed E-state index contributed by atoms with van der Waals surface area (Å²) >= 11 is 0. The van der Waals surface area contributed by atoms with Crippen molar-refractivity contribution in [2.75, 3.05) is 6.61 Å². The first-order valence-electron chi connectivity index (χ1n) is 27.0. The average Bonchev–Trinajstić information content (AvgIpc) is 3.24. The number of rotatable bonds is 50. The van der Waals surface area contributed by atoms with Crippen LogP contribution in [-0.2, 0) is 4.79 Å². The lowest BCUT2D eigenvalue weighted by Gasteiger charge is -2.23. The highest BCUT2D eigenvalue weighted by molar-refractivity contribution is 5.80. The molecule has 0 aromatic carbocycles. The van der Waals surface area contributed by atoms with Crippen LogP contribution in [-0.4, -0.2) is 46.1 Å². The van der Waals surface area contributed by atoms with Gasteiger partial charge in [-0.15, -0.1) is 0 Å². The van der Waals surface area contributed by atoms with E-state index in [1.54, 1.807) is 0 Å². The number of allylic oxidation sites excluding steroid dienone is 2. The summed E-state index contributed by atoms with van der Waals surface area (Å²) in [7, 11) is 0. The van der Waals surface area contributed by atoms with Crippen LogP contribution in [0.2, 0.25) is 0 Å². The number of carbonyl (C=O) groups is 1. The Labute approximate surface area is 369 Å². The Balaban J connectivity index is 3.54. The maximum absolute atomic E-state index is 12.6. The zero-order valence-corrected chi connectivity index (χ0v) is 40.2. The number of hydrogen-bond acceptors (Lipinski definition) is 4. The largest absolute Gasteiger partial charge is 0.394 e. The van der Waals surface area contributed by atoms with Crippen molar-refractivity contribution in [3.63, 3.8) is 0 Å². The van der Waals surface area contributed by atoms with E-state index in [-0.39, 0.29) is 6.61 Å². The van der Waals surface area contributed by atoms with Crippen molar-refractivity contribution in [2.45, 2.75) is 321 Å². The van der Waals surface area contributed by atoms with Gasteiger partial charge in [-0.3, -0.25) is 4.79 Å². The molecule has 0 aromatic rings. The van der Waals surface area contributed by atoms with Crippen molar-refractivity contribution in [1.82, 2.24) is 5.32 Å². The first kappa shape index (κ1) is 58.1. The molecule has 0 heterocycles. The fraction of sp³-hybridized carbons (Fsp3) is 0.944. The molecule has 0 aromatic heterocycles. The number of carbonyl (C=O) groups excluding carboxylic acids is 1. The molecule has 0 saturated carbocycles. The number of unbranched alkanes of at least 4 members (excludes halogenated alkanes) is 40. The van der Waals surface area contributed by atoms with Crippen LogP contribution in [0.3, 0.4) is 0 Å². The molecule has 0 aliphatic carbocycles. The van der Waals surface area contributed by atoms with Gasteiger partial charge in [-0.2, -0.15) is 0 Å². The maximum Gasteiger partial charge on any atom is 0.249 e. The summed E-state index contributed by atoms with van der Waals surface area (Å²) in [6, 6.07) is -0.713. The molecule has 352 valence electrons. The Kier molecular flexibility index (Phi) is 49.0. The van der Waals surface area contributed by atoms with Gasteiger partial charge in [-0.25, -0.2) is 0 Å².